The number of unbranched alkanes of at least 4 members (excludes halogenated alkanes) is 5. The fourth-order valence-electron chi connectivity index (χ4n) is 4.67. The van der Waals surface area contributed by atoms with Crippen LogP contribution in [0.4, 0.5) is 4.39 Å². The summed E-state index contributed by atoms with van der Waals surface area (Å²) in [7, 11) is 1.42. The number of methoxy groups -OCH3 is 1. The van der Waals surface area contributed by atoms with Crippen LogP contribution in [0.2, 0.25) is 0 Å². The Morgan fingerprint density at radius 2 is 1.59 bits per heavy atom. The van der Waals surface area contributed by atoms with Crippen molar-refractivity contribution in [3.05, 3.63) is 42.2 Å². The Hall–Kier alpha value is -3.11. The predicted molar refractivity (Wildman–Crippen MR) is 174 cm³/mol. The third kappa shape index (κ3) is 20.8. The van der Waals surface area contributed by atoms with Crippen LogP contribution in [0.25, 0.3) is 0 Å². The highest BCUT2D eigenvalue weighted by molar-refractivity contribution is 5.81. The Bertz CT molecular complexity index is 1060. The first-order valence-electron chi connectivity index (χ1n) is 16.6. The molecular weight excluding hydrogens is 595 g/mol. The number of hydrogen-bond donors (Lipinski definition) is 0. The van der Waals surface area contributed by atoms with E-state index in [2.05, 4.69) is 13.0 Å². The molecule has 0 aromatic heterocycles. The zero-order valence-corrected chi connectivity index (χ0v) is 28.4. The van der Waals surface area contributed by atoms with Crippen LogP contribution in [0.3, 0.4) is 0 Å². The second-order valence-electron chi connectivity index (χ2n) is 11.7. The molecule has 0 aliphatic carbocycles. The molecule has 260 valence electrons. The molecule has 0 fully saturated rings. The highest BCUT2D eigenvalue weighted by atomic mass is 19.1. The lowest BCUT2D eigenvalue weighted by molar-refractivity contribution is -0.159. The molecule has 0 saturated heterocycles. The topological polar surface area (TPSA) is 114 Å². The molecule has 0 saturated carbocycles. The SMILES string of the molecule is CCCCCCC=CCC(CC(C)=O)OCC(=O)CC(CCCC)OC(=O)CC(C)OC(=O)CC(COc1cccc(F)c1)OC. The van der Waals surface area contributed by atoms with Crippen LogP contribution in [-0.2, 0) is 38.1 Å². The summed E-state index contributed by atoms with van der Waals surface area (Å²) in [6.45, 7) is 7.11. The van der Waals surface area contributed by atoms with Gasteiger partial charge in [-0.3, -0.25) is 19.2 Å². The van der Waals surface area contributed by atoms with Crippen LogP contribution in [0.15, 0.2) is 36.4 Å². The minimum Gasteiger partial charge on any atom is -0.491 e. The summed E-state index contributed by atoms with van der Waals surface area (Å²) >= 11 is 0. The first kappa shape index (κ1) is 40.9. The minimum absolute atomic E-state index is 0.000794. The van der Waals surface area contributed by atoms with Gasteiger partial charge in [0.2, 0.25) is 0 Å². The monoisotopic (exact) mass is 650 g/mol. The van der Waals surface area contributed by atoms with Crippen molar-refractivity contribution in [3.63, 3.8) is 0 Å². The van der Waals surface area contributed by atoms with Crippen LogP contribution in [0, 0.1) is 5.82 Å². The van der Waals surface area contributed by atoms with Crippen LogP contribution in [-0.4, -0.2) is 68.2 Å². The number of halogens is 1. The van der Waals surface area contributed by atoms with Crippen molar-refractivity contribution in [2.24, 2.45) is 0 Å². The smallest absolute Gasteiger partial charge is 0.309 e. The number of rotatable bonds is 27. The van der Waals surface area contributed by atoms with Gasteiger partial charge in [0.05, 0.1) is 18.9 Å². The highest BCUT2D eigenvalue weighted by Crippen LogP contribution is 2.16. The summed E-state index contributed by atoms with van der Waals surface area (Å²) in [6.07, 6.45) is 10.0. The van der Waals surface area contributed by atoms with E-state index in [1.807, 2.05) is 13.0 Å². The quantitative estimate of drug-likeness (QED) is 0.0551. The summed E-state index contributed by atoms with van der Waals surface area (Å²) in [5.41, 5.74) is 0. The van der Waals surface area contributed by atoms with Gasteiger partial charge >= 0.3 is 11.9 Å². The molecule has 46 heavy (non-hydrogen) atoms. The zero-order valence-electron chi connectivity index (χ0n) is 28.4. The van der Waals surface area contributed by atoms with Crippen LogP contribution in [0.5, 0.6) is 5.75 Å². The number of ketones is 2. The summed E-state index contributed by atoms with van der Waals surface area (Å²) in [5, 5.41) is 0. The highest BCUT2D eigenvalue weighted by Gasteiger charge is 2.23. The molecule has 1 aromatic carbocycles. The van der Waals surface area contributed by atoms with E-state index >= 15 is 0 Å². The summed E-state index contributed by atoms with van der Waals surface area (Å²) < 4.78 is 40.9. The fraction of sp³-hybridized carbons (Fsp3) is 0.667. The molecule has 0 amide bonds. The van der Waals surface area contributed by atoms with Crippen molar-refractivity contribution >= 4 is 23.5 Å². The van der Waals surface area contributed by atoms with E-state index in [9.17, 15) is 23.6 Å². The number of allylic oxidation sites excluding steroid dienone is 1. The molecule has 1 rings (SSSR count). The average Bonchev–Trinajstić information content (AvgIpc) is 2.99. The van der Waals surface area contributed by atoms with Gasteiger partial charge in [0.15, 0.2) is 5.78 Å². The predicted octanol–water partition coefficient (Wildman–Crippen LogP) is 7.27. The molecule has 0 heterocycles. The summed E-state index contributed by atoms with van der Waals surface area (Å²) in [4.78, 5) is 49.7. The van der Waals surface area contributed by atoms with Crippen molar-refractivity contribution < 1.29 is 47.3 Å². The van der Waals surface area contributed by atoms with Gasteiger partial charge < -0.3 is 23.7 Å². The second kappa shape index (κ2) is 25.0. The second-order valence-corrected chi connectivity index (χ2v) is 11.7. The number of benzene rings is 1. The zero-order chi connectivity index (χ0) is 34.2. The van der Waals surface area contributed by atoms with E-state index in [4.69, 9.17) is 23.7 Å². The third-order valence-corrected chi connectivity index (χ3v) is 7.16. The maximum absolute atomic E-state index is 13.4. The Labute approximate surface area is 274 Å². The molecule has 4 atom stereocenters. The van der Waals surface area contributed by atoms with Crippen molar-refractivity contribution in [1.82, 2.24) is 0 Å². The molecule has 0 N–H and O–H groups in total. The standard InChI is InChI=1S/C36H55FO9/c1-6-8-10-11-12-13-14-18-31(20-27(3)38)43-25-30(39)23-33(17-9-7-2)46-35(40)21-28(4)45-36(41)24-34(42-5)26-44-32-19-15-16-29(37)22-32/h13-16,19,22,28,31,33-34H,6-12,17-18,20-21,23-26H2,1-5H3. The molecule has 10 heteroatoms. The molecule has 1 aromatic rings. The van der Waals surface area contributed by atoms with Gasteiger partial charge in [-0.1, -0.05) is 64.2 Å². The van der Waals surface area contributed by atoms with Crippen molar-refractivity contribution in [2.45, 2.75) is 136 Å². The Balaban J connectivity index is 2.53. The normalized spacial score (nSPS) is 14.0. The number of hydrogen-bond acceptors (Lipinski definition) is 9. The van der Waals surface area contributed by atoms with Crippen LogP contribution in [0.1, 0.15) is 111 Å². The fourth-order valence-corrected chi connectivity index (χ4v) is 4.67. The molecule has 0 aliphatic rings. The first-order valence-corrected chi connectivity index (χ1v) is 16.6. The van der Waals surface area contributed by atoms with E-state index in [1.54, 1.807) is 13.0 Å². The lowest BCUT2D eigenvalue weighted by Gasteiger charge is -2.20. The van der Waals surface area contributed by atoms with E-state index in [1.165, 1.54) is 51.5 Å². The van der Waals surface area contributed by atoms with Gasteiger partial charge in [-0.25, -0.2) is 4.39 Å². The largest absolute Gasteiger partial charge is 0.491 e. The van der Waals surface area contributed by atoms with Crippen molar-refractivity contribution in [3.8, 4) is 5.75 Å². The minimum atomic E-state index is -0.764. The van der Waals surface area contributed by atoms with Crippen LogP contribution >= 0.6 is 0 Å². The summed E-state index contributed by atoms with van der Waals surface area (Å²) in [6, 6.07) is 5.64. The number of ether oxygens (including phenoxy) is 5. The van der Waals surface area contributed by atoms with Gasteiger partial charge in [-0.05, 0) is 51.7 Å². The maximum Gasteiger partial charge on any atom is 0.309 e. The van der Waals surface area contributed by atoms with Gasteiger partial charge in [0.1, 0.15) is 48.9 Å². The average molecular weight is 651 g/mol. The van der Waals surface area contributed by atoms with E-state index in [0.717, 1.165) is 25.7 Å². The van der Waals surface area contributed by atoms with E-state index < -0.39 is 36.1 Å². The number of esters is 2. The van der Waals surface area contributed by atoms with Gasteiger partial charge in [0.25, 0.3) is 0 Å². The molecular formula is C36H55FO9. The lowest BCUT2D eigenvalue weighted by Crippen LogP contribution is -2.29. The van der Waals surface area contributed by atoms with Crippen molar-refractivity contribution in [1.29, 1.82) is 0 Å². The number of carbonyl (C=O) groups is 4. The van der Waals surface area contributed by atoms with Gasteiger partial charge in [-0.2, -0.15) is 0 Å². The molecule has 0 radical (unpaired) electrons. The lowest BCUT2D eigenvalue weighted by atomic mass is 10.1. The molecule has 9 nitrogen and oxygen atoms in total. The van der Waals surface area contributed by atoms with E-state index in [0.29, 0.717) is 18.6 Å². The Kier molecular flexibility index (Phi) is 22.3. The Morgan fingerprint density at radius 3 is 2.26 bits per heavy atom. The van der Waals surface area contributed by atoms with Crippen LogP contribution < -0.4 is 4.74 Å². The number of carbonyl (C=O) groups excluding carboxylic acids is 4. The van der Waals surface area contributed by atoms with E-state index in [-0.39, 0.29) is 56.6 Å². The summed E-state index contributed by atoms with van der Waals surface area (Å²) in [5.74, 6) is -1.51. The molecule has 4 unspecified atom stereocenters. The van der Waals surface area contributed by atoms with Gasteiger partial charge in [-0.15, -0.1) is 0 Å². The molecule has 0 aliphatic heterocycles. The third-order valence-electron chi connectivity index (χ3n) is 7.16. The Morgan fingerprint density at radius 1 is 0.848 bits per heavy atom. The maximum atomic E-state index is 13.4. The number of Topliss-reactive ketones (excluding diaryl/α,β-unsaturated/α-hetero) is 2. The first-order chi connectivity index (χ1) is 22.1. The van der Waals surface area contributed by atoms with Crippen molar-refractivity contribution in [2.75, 3.05) is 20.3 Å². The van der Waals surface area contributed by atoms with Gasteiger partial charge in [0, 0.05) is 26.0 Å². The molecule has 0 spiro atoms. The molecule has 0 bridgehead atoms.